The number of anilines is 1. The number of carbonyl (C=O) groups excluding carboxylic acids is 1. The van der Waals surface area contributed by atoms with Crippen LogP contribution in [0.3, 0.4) is 0 Å². The number of benzene rings is 2. The van der Waals surface area contributed by atoms with E-state index in [1.165, 1.54) is 42.8 Å². The normalized spacial score (nSPS) is 17.4. The van der Waals surface area contributed by atoms with Crippen LogP contribution in [0, 0.1) is 18.7 Å². The number of ether oxygens (including phenoxy) is 2. The minimum atomic E-state index is -3.90. The van der Waals surface area contributed by atoms with Crippen LogP contribution in [0.1, 0.15) is 18.4 Å². The molecule has 1 aliphatic rings. The van der Waals surface area contributed by atoms with Crippen LogP contribution >= 0.6 is 0 Å². The number of amides is 1. The molecule has 3 rings (SSSR count). The highest BCUT2D eigenvalue weighted by molar-refractivity contribution is 7.89. The zero-order valence-corrected chi connectivity index (χ0v) is 18.0. The lowest BCUT2D eigenvalue weighted by molar-refractivity contribution is -0.120. The molecule has 1 aliphatic heterocycles. The molecule has 0 aromatic heterocycles. The van der Waals surface area contributed by atoms with E-state index in [0.717, 1.165) is 5.56 Å². The molecule has 2 aromatic rings. The number of methoxy groups -OCH3 is 2. The third-order valence-corrected chi connectivity index (χ3v) is 7.09. The molecule has 7 nitrogen and oxygen atoms in total. The minimum absolute atomic E-state index is 0.00798. The summed E-state index contributed by atoms with van der Waals surface area (Å²) in [7, 11) is -1.05. The highest BCUT2D eigenvalue weighted by atomic mass is 32.2. The van der Waals surface area contributed by atoms with Crippen molar-refractivity contribution in [2.75, 3.05) is 32.6 Å². The Morgan fingerprint density at radius 1 is 1.17 bits per heavy atom. The number of rotatable bonds is 6. The van der Waals surface area contributed by atoms with Gasteiger partial charge >= 0.3 is 0 Å². The standard InChI is InChI=1S/C21H25FN2O5S/c1-14-6-7-16(22)11-18(14)23-21(25)15-5-4-10-24(13-15)30(26,27)20-12-17(28-2)8-9-19(20)29-3/h6-9,11-12,15H,4-5,10,13H2,1-3H3,(H,23,25)/t15-/m0/s1. The second-order valence-corrected chi connectivity index (χ2v) is 9.07. The number of sulfonamides is 1. The van der Waals surface area contributed by atoms with Gasteiger partial charge in [0.05, 0.1) is 20.1 Å². The molecule has 1 N–H and O–H groups in total. The molecule has 1 atom stereocenters. The molecular weight excluding hydrogens is 411 g/mol. The van der Waals surface area contributed by atoms with Crippen molar-refractivity contribution >= 4 is 21.6 Å². The highest BCUT2D eigenvalue weighted by Crippen LogP contribution is 2.33. The van der Waals surface area contributed by atoms with Crippen LogP contribution in [-0.2, 0) is 14.8 Å². The van der Waals surface area contributed by atoms with Gasteiger partial charge in [0.25, 0.3) is 0 Å². The second-order valence-electron chi connectivity index (χ2n) is 7.17. The van der Waals surface area contributed by atoms with E-state index in [1.807, 2.05) is 0 Å². The number of nitrogens with zero attached hydrogens (tertiary/aromatic N) is 1. The zero-order chi connectivity index (χ0) is 21.9. The average molecular weight is 437 g/mol. The van der Waals surface area contributed by atoms with Crippen molar-refractivity contribution in [3.05, 3.63) is 47.8 Å². The molecule has 0 spiro atoms. The van der Waals surface area contributed by atoms with Gasteiger partial charge in [0, 0.05) is 24.8 Å². The molecule has 0 bridgehead atoms. The first kappa shape index (κ1) is 22.0. The molecule has 1 saturated heterocycles. The molecular formula is C21H25FN2O5S. The molecule has 1 heterocycles. The summed E-state index contributed by atoms with van der Waals surface area (Å²) >= 11 is 0. The Kier molecular flexibility index (Phi) is 6.62. The van der Waals surface area contributed by atoms with Crippen molar-refractivity contribution in [3.8, 4) is 11.5 Å². The fraction of sp³-hybridized carbons (Fsp3) is 0.381. The number of carbonyl (C=O) groups is 1. The van der Waals surface area contributed by atoms with Gasteiger partial charge in [-0.25, -0.2) is 12.8 Å². The molecule has 2 aromatic carbocycles. The van der Waals surface area contributed by atoms with Crippen LogP contribution in [0.15, 0.2) is 41.3 Å². The van der Waals surface area contributed by atoms with Crippen LogP contribution in [0.2, 0.25) is 0 Å². The van der Waals surface area contributed by atoms with E-state index in [9.17, 15) is 17.6 Å². The average Bonchev–Trinajstić information content (AvgIpc) is 2.75. The monoisotopic (exact) mass is 436 g/mol. The molecule has 0 saturated carbocycles. The maximum Gasteiger partial charge on any atom is 0.246 e. The third-order valence-electron chi connectivity index (χ3n) is 5.20. The third kappa shape index (κ3) is 4.57. The molecule has 0 aliphatic carbocycles. The summed E-state index contributed by atoms with van der Waals surface area (Å²) in [5.74, 6) is -0.733. The van der Waals surface area contributed by atoms with Crippen LogP contribution in [0.5, 0.6) is 11.5 Å². The second kappa shape index (κ2) is 9.01. The smallest absolute Gasteiger partial charge is 0.246 e. The quantitative estimate of drug-likeness (QED) is 0.752. The van der Waals surface area contributed by atoms with Gasteiger partial charge in [0.1, 0.15) is 22.2 Å². The summed E-state index contributed by atoms with van der Waals surface area (Å²) < 4.78 is 51.7. The molecule has 162 valence electrons. The van der Waals surface area contributed by atoms with Gasteiger partial charge in [-0.2, -0.15) is 4.31 Å². The number of piperidine rings is 1. The Morgan fingerprint density at radius 3 is 2.63 bits per heavy atom. The number of halogens is 1. The summed E-state index contributed by atoms with van der Waals surface area (Å²) in [5, 5.41) is 2.73. The number of aryl methyl sites for hydroxylation is 1. The Labute approximate surface area is 175 Å². The number of nitrogens with one attached hydrogen (secondary N) is 1. The van der Waals surface area contributed by atoms with E-state index in [2.05, 4.69) is 5.32 Å². The lowest BCUT2D eigenvalue weighted by Gasteiger charge is -2.31. The van der Waals surface area contributed by atoms with E-state index in [4.69, 9.17) is 9.47 Å². The van der Waals surface area contributed by atoms with Gasteiger partial charge < -0.3 is 14.8 Å². The molecule has 0 unspecified atom stereocenters. The fourth-order valence-corrected chi connectivity index (χ4v) is 5.16. The van der Waals surface area contributed by atoms with Gasteiger partial charge in [-0.3, -0.25) is 4.79 Å². The number of hydrogen-bond donors (Lipinski definition) is 1. The first-order chi connectivity index (χ1) is 14.3. The van der Waals surface area contributed by atoms with Crippen LogP contribution in [0.25, 0.3) is 0 Å². The van der Waals surface area contributed by atoms with E-state index in [-0.39, 0.29) is 23.1 Å². The van der Waals surface area contributed by atoms with E-state index >= 15 is 0 Å². The predicted octanol–water partition coefficient (Wildman–Crippen LogP) is 3.19. The number of hydrogen-bond acceptors (Lipinski definition) is 5. The van der Waals surface area contributed by atoms with Crippen molar-refractivity contribution in [1.82, 2.24) is 4.31 Å². The molecule has 9 heteroatoms. The predicted molar refractivity (Wildman–Crippen MR) is 111 cm³/mol. The van der Waals surface area contributed by atoms with Gasteiger partial charge in [-0.05, 0) is 49.6 Å². The SMILES string of the molecule is COc1ccc(OC)c(S(=O)(=O)N2CCC[C@H](C(=O)Nc3cc(F)ccc3C)C2)c1. The first-order valence-corrected chi connectivity index (χ1v) is 11.0. The van der Waals surface area contributed by atoms with Crippen LogP contribution in [0.4, 0.5) is 10.1 Å². The highest BCUT2D eigenvalue weighted by Gasteiger charge is 2.35. The lowest BCUT2D eigenvalue weighted by atomic mass is 9.98. The van der Waals surface area contributed by atoms with Crippen molar-refractivity contribution < 1.29 is 27.1 Å². The topological polar surface area (TPSA) is 84.9 Å². The summed E-state index contributed by atoms with van der Waals surface area (Å²) in [6.45, 7) is 2.09. The van der Waals surface area contributed by atoms with Gasteiger partial charge in [-0.15, -0.1) is 0 Å². The van der Waals surface area contributed by atoms with Crippen LogP contribution in [-0.4, -0.2) is 45.9 Å². The minimum Gasteiger partial charge on any atom is -0.497 e. The Morgan fingerprint density at radius 2 is 1.93 bits per heavy atom. The molecule has 1 fully saturated rings. The summed E-state index contributed by atoms with van der Waals surface area (Å²) in [5.41, 5.74) is 1.11. The fourth-order valence-electron chi connectivity index (χ4n) is 3.46. The van der Waals surface area contributed by atoms with Gasteiger partial charge in [-0.1, -0.05) is 6.07 Å². The van der Waals surface area contributed by atoms with Gasteiger partial charge in [0.2, 0.25) is 15.9 Å². The van der Waals surface area contributed by atoms with E-state index in [0.29, 0.717) is 30.8 Å². The summed E-state index contributed by atoms with van der Waals surface area (Å²) in [6.07, 6.45) is 1.08. The maximum atomic E-state index is 13.5. The Hall–Kier alpha value is -2.65. The van der Waals surface area contributed by atoms with Gasteiger partial charge in [0.15, 0.2) is 0 Å². The van der Waals surface area contributed by atoms with E-state index in [1.54, 1.807) is 19.1 Å². The van der Waals surface area contributed by atoms with Crippen molar-refractivity contribution in [1.29, 1.82) is 0 Å². The Balaban J connectivity index is 1.81. The van der Waals surface area contributed by atoms with Crippen molar-refractivity contribution in [2.24, 2.45) is 5.92 Å². The Bertz CT molecular complexity index is 1040. The molecule has 0 radical (unpaired) electrons. The van der Waals surface area contributed by atoms with E-state index < -0.39 is 21.8 Å². The molecule has 30 heavy (non-hydrogen) atoms. The maximum absolute atomic E-state index is 13.5. The zero-order valence-electron chi connectivity index (χ0n) is 17.1. The summed E-state index contributed by atoms with van der Waals surface area (Å²) in [6, 6.07) is 8.72. The first-order valence-electron chi connectivity index (χ1n) is 9.55. The van der Waals surface area contributed by atoms with Crippen LogP contribution < -0.4 is 14.8 Å². The largest absolute Gasteiger partial charge is 0.497 e. The van der Waals surface area contributed by atoms with Crippen molar-refractivity contribution in [2.45, 2.75) is 24.7 Å². The molecule has 1 amide bonds. The van der Waals surface area contributed by atoms with Crippen molar-refractivity contribution in [3.63, 3.8) is 0 Å². The lowest BCUT2D eigenvalue weighted by Crippen LogP contribution is -2.43. The summed E-state index contributed by atoms with van der Waals surface area (Å²) in [4.78, 5) is 12.8.